The van der Waals surface area contributed by atoms with Gasteiger partial charge in [0.15, 0.2) is 0 Å². The maximum Gasteiger partial charge on any atom is 0.133 e. The molecular formula is C11H21N5. The molecule has 0 bridgehead atoms. The predicted octanol–water partition coefficient (Wildman–Crippen LogP) is 0.716. The second-order valence-electron chi connectivity index (χ2n) is 4.11. The zero-order chi connectivity index (χ0) is 12.1. The Morgan fingerprint density at radius 1 is 1.25 bits per heavy atom. The van der Waals surface area contributed by atoms with Crippen molar-refractivity contribution in [1.82, 2.24) is 9.97 Å². The van der Waals surface area contributed by atoms with Crippen molar-refractivity contribution < 1.29 is 0 Å². The molecule has 0 aliphatic rings. The molecule has 0 amide bonds. The highest BCUT2D eigenvalue weighted by atomic mass is 15.2. The molecule has 5 heteroatoms. The summed E-state index contributed by atoms with van der Waals surface area (Å²) in [5, 5.41) is 0. The van der Waals surface area contributed by atoms with Gasteiger partial charge in [0.2, 0.25) is 0 Å². The van der Waals surface area contributed by atoms with Crippen molar-refractivity contribution in [3.63, 3.8) is 0 Å². The highest BCUT2D eigenvalue weighted by Gasteiger charge is 2.07. The van der Waals surface area contributed by atoms with Gasteiger partial charge >= 0.3 is 0 Å². The monoisotopic (exact) mass is 223 g/mol. The number of likely N-dealkylation sites (N-methyl/N-ethyl adjacent to an activating group) is 1. The van der Waals surface area contributed by atoms with Crippen LogP contribution in [0.1, 0.15) is 13.8 Å². The Hall–Kier alpha value is -1.36. The fraction of sp³-hybridized carbons (Fsp3) is 0.636. The van der Waals surface area contributed by atoms with Crippen LogP contribution in [0, 0.1) is 0 Å². The second kappa shape index (κ2) is 5.65. The molecule has 0 radical (unpaired) electrons. The topological polar surface area (TPSA) is 58.3 Å². The molecule has 1 heterocycles. The number of rotatable bonds is 5. The van der Waals surface area contributed by atoms with Gasteiger partial charge in [0.05, 0.1) is 0 Å². The second-order valence-corrected chi connectivity index (χ2v) is 4.11. The van der Waals surface area contributed by atoms with Crippen LogP contribution in [-0.4, -0.2) is 43.2 Å². The first kappa shape index (κ1) is 12.7. The summed E-state index contributed by atoms with van der Waals surface area (Å²) in [4.78, 5) is 12.6. The lowest BCUT2D eigenvalue weighted by Crippen LogP contribution is -2.33. The van der Waals surface area contributed by atoms with Crippen LogP contribution in [-0.2, 0) is 0 Å². The fourth-order valence-electron chi connectivity index (χ4n) is 1.44. The molecule has 1 unspecified atom stereocenters. The molecular weight excluding hydrogens is 202 g/mol. The minimum Gasteiger partial charge on any atom is -0.360 e. The molecule has 5 nitrogen and oxygen atoms in total. The van der Waals surface area contributed by atoms with Gasteiger partial charge in [-0.25, -0.2) is 9.97 Å². The van der Waals surface area contributed by atoms with Crippen molar-refractivity contribution in [3.05, 3.63) is 12.4 Å². The number of aromatic nitrogens is 2. The number of nitrogens with zero attached hydrogens (tertiary/aromatic N) is 4. The van der Waals surface area contributed by atoms with Crippen molar-refractivity contribution in [2.24, 2.45) is 5.73 Å². The molecule has 1 atom stereocenters. The molecule has 1 aromatic heterocycles. The Labute approximate surface area is 97.3 Å². The van der Waals surface area contributed by atoms with Gasteiger partial charge in [-0.15, -0.1) is 0 Å². The van der Waals surface area contributed by atoms with E-state index in [0.29, 0.717) is 0 Å². The van der Waals surface area contributed by atoms with Crippen molar-refractivity contribution >= 4 is 11.6 Å². The minimum absolute atomic E-state index is 0.132. The molecule has 90 valence electrons. The van der Waals surface area contributed by atoms with Gasteiger partial charge in [-0.2, -0.15) is 0 Å². The zero-order valence-electron chi connectivity index (χ0n) is 10.5. The lowest BCUT2D eigenvalue weighted by atomic mass is 10.3. The van der Waals surface area contributed by atoms with Gasteiger partial charge in [-0.1, -0.05) is 0 Å². The summed E-state index contributed by atoms with van der Waals surface area (Å²) in [6.45, 7) is 5.78. The first-order valence-electron chi connectivity index (χ1n) is 5.54. The van der Waals surface area contributed by atoms with E-state index in [9.17, 15) is 0 Å². The van der Waals surface area contributed by atoms with Gasteiger partial charge in [-0.05, 0) is 13.8 Å². The highest BCUT2D eigenvalue weighted by Crippen LogP contribution is 2.15. The lowest BCUT2D eigenvalue weighted by molar-refractivity contribution is 0.710. The third-order valence-corrected chi connectivity index (χ3v) is 2.46. The van der Waals surface area contributed by atoms with E-state index in [1.54, 1.807) is 6.33 Å². The largest absolute Gasteiger partial charge is 0.360 e. The lowest BCUT2D eigenvalue weighted by Gasteiger charge is -2.22. The van der Waals surface area contributed by atoms with Crippen LogP contribution in [0.3, 0.4) is 0 Å². The van der Waals surface area contributed by atoms with E-state index in [-0.39, 0.29) is 6.04 Å². The van der Waals surface area contributed by atoms with E-state index in [1.165, 1.54) is 0 Å². The molecule has 0 aliphatic carbocycles. The van der Waals surface area contributed by atoms with Gasteiger partial charge in [0.1, 0.15) is 18.0 Å². The smallest absolute Gasteiger partial charge is 0.133 e. The number of nitrogens with two attached hydrogens (primary N) is 1. The quantitative estimate of drug-likeness (QED) is 0.797. The Kier molecular flexibility index (Phi) is 4.49. The average molecular weight is 223 g/mol. The van der Waals surface area contributed by atoms with Gasteiger partial charge in [0, 0.05) is 39.3 Å². The predicted molar refractivity (Wildman–Crippen MR) is 67.9 cm³/mol. The summed E-state index contributed by atoms with van der Waals surface area (Å²) < 4.78 is 0. The maximum atomic E-state index is 5.76. The normalized spacial score (nSPS) is 12.3. The van der Waals surface area contributed by atoms with Crippen LogP contribution in [0.25, 0.3) is 0 Å². The molecule has 1 aromatic rings. The Morgan fingerprint density at radius 2 is 1.81 bits per heavy atom. The zero-order valence-corrected chi connectivity index (χ0v) is 10.5. The van der Waals surface area contributed by atoms with Crippen LogP contribution in [0.2, 0.25) is 0 Å². The number of hydrogen-bond donors (Lipinski definition) is 1. The standard InChI is InChI=1S/C11H21N5/c1-5-15(3)10-6-11(14-8-13-10)16(4)7-9(2)12/h6,8-9H,5,7,12H2,1-4H3. The number of hydrogen-bond acceptors (Lipinski definition) is 5. The fourth-order valence-corrected chi connectivity index (χ4v) is 1.44. The van der Waals surface area contributed by atoms with Crippen LogP contribution >= 0.6 is 0 Å². The van der Waals surface area contributed by atoms with Gasteiger partial charge < -0.3 is 15.5 Å². The Balaban J connectivity index is 2.81. The van der Waals surface area contributed by atoms with E-state index in [1.807, 2.05) is 32.0 Å². The van der Waals surface area contributed by atoms with Crippen LogP contribution in [0.15, 0.2) is 12.4 Å². The van der Waals surface area contributed by atoms with Crippen molar-refractivity contribution in [2.45, 2.75) is 19.9 Å². The Morgan fingerprint density at radius 3 is 2.31 bits per heavy atom. The van der Waals surface area contributed by atoms with Gasteiger partial charge in [-0.3, -0.25) is 0 Å². The molecule has 0 fully saturated rings. The van der Waals surface area contributed by atoms with Crippen LogP contribution < -0.4 is 15.5 Å². The van der Waals surface area contributed by atoms with Crippen LogP contribution in [0.4, 0.5) is 11.6 Å². The van der Waals surface area contributed by atoms with Crippen molar-refractivity contribution in [1.29, 1.82) is 0 Å². The summed E-state index contributed by atoms with van der Waals surface area (Å²) in [5.41, 5.74) is 5.76. The summed E-state index contributed by atoms with van der Waals surface area (Å²) >= 11 is 0. The number of anilines is 2. The summed E-state index contributed by atoms with van der Waals surface area (Å²) in [6.07, 6.45) is 1.59. The third kappa shape index (κ3) is 3.34. The summed E-state index contributed by atoms with van der Waals surface area (Å²) in [5.74, 6) is 1.84. The molecule has 0 aromatic carbocycles. The van der Waals surface area contributed by atoms with Crippen molar-refractivity contribution in [2.75, 3.05) is 37.0 Å². The van der Waals surface area contributed by atoms with Crippen molar-refractivity contribution in [3.8, 4) is 0 Å². The molecule has 0 saturated carbocycles. The Bertz CT molecular complexity index is 326. The van der Waals surface area contributed by atoms with E-state index >= 15 is 0 Å². The molecule has 1 rings (SSSR count). The molecule has 2 N–H and O–H groups in total. The minimum atomic E-state index is 0.132. The SMILES string of the molecule is CCN(C)c1cc(N(C)CC(C)N)ncn1. The van der Waals surface area contributed by atoms with Crippen LogP contribution in [0.5, 0.6) is 0 Å². The molecule has 0 spiro atoms. The molecule has 0 aliphatic heterocycles. The summed E-state index contributed by atoms with van der Waals surface area (Å²) in [7, 11) is 4.00. The van der Waals surface area contributed by atoms with E-state index < -0.39 is 0 Å². The van der Waals surface area contributed by atoms with E-state index in [4.69, 9.17) is 5.73 Å². The van der Waals surface area contributed by atoms with Gasteiger partial charge in [0.25, 0.3) is 0 Å². The molecule has 0 saturated heterocycles. The molecule has 16 heavy (non-hydrogen) atoms. The third-order valence-electron chi connectivity index (χ3n) is 2.46. The maximum absolute atomic E-state index is 5.76. The first-order valence-corrected chi connectivity index (χ1v) is 5.54. The first-order chi connectivity index (χ1) is 7.54. The average Bonchev–Trinajstić information content (AvgIpc) is 2.27. The highest BCUT2D eigenvalue weighted by molar-refractivity contribution is 5.49. The van der Waals surface area contributed by atoms with E-state index in [0.717, 1.165) is 24.7 Å². The van der Waals surface area contributed by atoms with E-state index in [2.05, 4.69) is 21.8 Å². The summed E-state index contributed by atoms with van der Waals surface area (Å²) in [6, 6.07) is 2.11.